The maximum atomic E-state index is 9.89. The Balaban J connectivity index is 1.78. The van der Waals surface area contributed by atoms with Crippen molar-refractivity contribution < 1.29 is 14.6 Å². The fourth-order valence-electron chi connectivity index (χ4n) is 2.02. The molecule has 1 aromatic carbocycles. The first-order valence-corrected chi connectivity index (χ1v) is 6.73. The van der Waals surface area contributed by atoms with Gasteiger partial charge in [-0.25, -0.2) is 0 Å². The zero-order valence-electron chi connectivity index (χ0n) is 11.8. The number of ether oxygens (including phenoxy) is 2. The topological polar surface area (TPSA) is 50.7 Å². The number of aliphatic hydroxyl groups excluding tert-OH is 1. The number of hydrogen-bond donors (Lipinski definition) is 2. The summed E-state index contributed by atoms with van der Waals surface area (Å²) in [5.74, 6) is 0.931. The molecule has 0 bridgehead atoms. The second-order valence-electron chi connectivity index (χ2n) is 5.89. The minimum Gasteiger partial charge on any atom is -0.491 e. The Kier molecular flexibility index (Phi) is 4.45. The second-order valence-corrected chi connectivity index (χ2v) is 5.89. The fraction of sp³-hybridized carbons (Fsp3) is 0.600. The molecule has 2 atom stereocenters. The fourth-order valence-corrected chi connectivity index (χ4v) is 2.02. The van der Waals surface area contributed by atoms with Crippen LogP contribution >= 0.6 is 0 Å². The van der Waals surface area contributed by atoms with E-state index in [1.165, 1.54) is 0 Å². The van der Waals surface area contributed by atoms with Gasteiger partial charge < -0.3 is 19.9 Å². The number of hydrogen-bond acceptors (Lipinski definition) is 4. The van der Waals surface area contributed by atoms with Crippen LogP contribution in [-0.2, 0) is 4.74 Å². The summed E-state index contributed by atoms with van der Waals surface area (Å²) < 4.78 is 11.1. The van der Waals surface area contributed by atoms with Crippen molar-refractivity contribution in [2.24, 2.45) is 0 Å². The van der Waals surface area contributed by atoms with Gasteiger partial charge in [-0.3, -0.25) is 0 Å². The van der Waals surface area contributed by atoms with Crippen molar-refractivity contribution >= 4 is 0 Å². The molecule has 1 aromatic rings. The summed E-state index contributed by atoms with van der Waals surface area (Å²) in [6, 6.07) is 8.14. The molecule has 106 valence electrons. The van der Waals surface area contributed by atoms with Crippen LogP contribution < -0.4 is 10.1 Å². The molecule has 1 aliphatic heterocycles. The van der Waals surface area contributed by atoms with E-state index < -0.39 is 6.10 Å². The molecular weight excluding hydrogens is 242 g/mol. The largest absolute Gasteiger partial charge is 0.491 e. The number of benzene rings is 1. The standard InChI is InChI=1S/C15H23NO3/c1-15(2,3)19-9-11(17)8-16-13-10-18-14-7-5-4-6-12(13)14/h4-7,11,13,16-17H,8-10H2,1-3H3. The molecule has 0 radical (unpaired) electrons. The lowest BCUT2D eigenvalue weighted by atomic mass is 10.1. The molecule has 0 amide bonds. The Labute approximate surface area is 114 Å². The summed E-state index contributed by atoms with van der Waals surface area (Å²) in [6.45, 7) is 7.40. The van der Waals surface area contributed by atoms with Gasteiger partial charge in [0, 0.05) is 12.1 Å². The Morgan fingerprint density at radius 1 is 1.42 bits per heavy atom. The summed E-state index contributed by atoms with van der Waals surface area (Å²) in [5.41, 5.74) is 0.941. The van der Waals surface area contributed by atoms with E-state index in [1.807, 2.05) is 39.0 Å². The average molecular weight is 265 g/mol. The normalized spacial score (nSPS) is 19.9. The Bertz CT molecular complexity index is 414. The first kappa shape index (κ1) is 14.3. The van der Waals surface area contributed by atoms with Gasteiger partial charge in [0.25, 0.3) is 0 Å². The minimum atomic E-state index is -0.507. The third kappa shape index (κ3) is 4.20. The molecule has 4 nitrogen and oxygen atoms in total. The highest BCUT2D eigenvalue weighted by molar-refractivity contribution is 5.39. The van der Waals surface area contributed by atoms with Gasteiger partial charge in [0.05, 0.1) is 24.4 Å². The van der Waals surface area contributed by atoms with Crippen LogP contribution in [0.15, 0.2) is 24.3 Å². The van der Waals surface area contributed by atoms with E-state index in [2.05, 4.69) is 11.4 Å². The SMILES string of the molecule is CC(C)(C)OCC(O)CNC1COc2ccccc21. The van der Waals surface area contributed by atoms with Crippen LogP contribution in [-0.4, -0.2) is 36.6 Å². The van der Waals surface area contributed by atoms with Crippen molar-refractivity contribution in [3.63, 3.8) is 0 Å². The number of rotatable bonds is 5. The van der Waals surface area contributed by atoms with Gasteiger partial charge in [0.15, 0.2) is 0 Å². The van der Waals surface area contributed by atoms with Crippen molar-refractivity contribution in [3.8, 4) is 5.75 Å². The zero-order chi connectivity index (χ0) is 13.9. The molecule has 0 aliphatic carbocycles. The quantitative estimate of drug-likeness (QED) is 0.853. The lowest BCUT2D eigenvalue weighted by Crippen LogP contribution is -2.36. The molecule has 0 spiro atoms. The lowest BCUT2D eigenvalue weighted by Gasteiger charge is -2.22. The van der Waals surface area contributed by atoms with Gasteiger partial charge in [-0.1, -0.05) is 18.2 Å². The molecule has 2 unspecified atom stereocenters. The van der Waals surface area contributed by atoms with Crippen molar-refractivity contribution in [1.29, 1.82) is 0 Å². The van der Waals surface area contributed by atoms with Gasteiger partial charge in [-0.15, -0.1) is 0 Å². The lowest BCUT2D eigenvalue weighted by molar-refractivity contribution is -0.0484. The molecule has 0 saturated heterocycles. The summed E-state index contributed by atoms with van der Waals surface area (Å²) in [4.78, 5) is 0. The van der Waals surface area contributed by atoms with E-state index in [0.29, 0.717) is 19.8 Å². The number of fused-ring (bicyclic) bond motifs is 1. The highest BCUT2D eigenvalue weighted by Crippen LogP contribution is 2.31. The maximum Gasteiger partial charge on any atom is 0.124 e. The van der Waals surface area contributed by atoms with Gasteiger partial charge in [-0.2, -0.15) is 0 Å². The molecule has 1 heterocycles. The first-order chi connectivity index (χ1) is 8.96. The molecule has 1 aliphatic rings. The number of para-hydroxylation sites is 1. The van der Waals surface area contributed by atoms with E-state index in [0.717, 1.165) is 11.3 Å². The highest BCUT2D eigenvalue weighted by atomic mass is 16.5. The van der Waals surface area contributed by atoms with Crippen LogP contribution in [0.5, 0.6) is 5.75 Å². The first-order valence-electron chi connectivity index (χ1n) is 6.73. The minimum absolute atomic E-state index is 0.153. The van der Waals surface area contributed by atoms with E-state index in [4.69, 9.17) is 9.47 Å². The summed E-state index contributed by atoms with van der Waals surface area (Å²) in [7, 11) is 0. The van der Waals surface area contributed by atoms with Crippen LogP contribution in [0, 0.1) is 0 Å². The third-order valence-electron chi connectivity index (χ3n) is 3.01. The maximum absolute atomic E-state index is 9.89. The molecule has 2 rings (SSSR count). The van der Waals surface area contributed by atoms with Crippen LogP contribution in [0.4, 0.5) is 0 Å². The molecule has 4 heteroatoms. The summed E-state index contributed by atoms with van der Waals surface area (Å²) in [5, 5.41) is 13.2. The van der Waals surface area contributed by atoms with E-state index >= 15 is 0 Å². The number of aliphatic hydroxyl groups is 1. The van der Waals surface area contributed by atoms with Crippen molar-refractivity contribution in [2.75, 3.05) is 19.8 Å². The predicted molar refractivity (Wildman–Crippen MR) is 74.4 cm³/mol. The van der Waals surface area contributed by atoms with E-state index in [-0.39, 0.29) is 11.6 Å². The van der Waals surface area contributed by atoms with Gasteiger partial charge in [0.2, 0.25) is 0 Å². The molecule has 0 saturated carbocycles. The third-order valence-corrected chi connectivity index (χ3v) is 3.01. The van der Waals surface area contributed by atoms with Crippen molar-refractivity contribution in [2.45, 2.75) is 38.5 Å². The Morgan fingerprint density at radius 3 is 2.89 bits per heavy atom. The number of nitrogens with one attached hydrogen (secondary N) is 1. The van der Waals surface area contributed by atoms with E-state index in [1.54, 1.807) is 0 Å². The predicted octanol–water partition coefficient (Wildman–Crippen LogP) is 1.89. The zero-order valence-corrected chi connectivity index (χ0v) is 11.8. The Hall–Kier alpha value is -1.10. The van der Waals surface area contributed by atoms with Gasteiger partial charge >= 0.3 is 0 Å². The smallest absolute Gasteiger partial charge is 0.124 e. The van der Waals surface area contributed by atoms with Gasteiger partial charge in [-0.05, 0) is 26.8 Å². The van der Waals surface area contributed by atoms with Gasteiger partial charge in [0.1, 0.15) is 12.4 Å². The van der Waals surface area contributed by atoms with Crippen LogP contribution in [0.25, 0.3) is 0 Å². The van der Waals surface area contributed by atoms with Crippen LogP contribution in [0.2, 0.25) is 0 Å². The summed E-state index contributed by atoms with van der Waals surface area (Å²) >= 11 is 0. The van der Waals surface area contributed by atoms with Crippen molar-refractivity contribution in [3.05, 3.63) is 29.8 Å². The Morgan fingerprint density at radius 2 is 2.16 bits per heavy atom. The highest BCUT2D eigenvalue weighted by Gasteiger charge is 2.24. The molecular formula is C15H23NO3. The van der Waals surface area contributed by atoms with Crippen molar-refractivity contribution in [1.82, 2.24) is 5.32 Å². The summed E-state index contributed by atoms with van der Waals surface area (Å²) in [6.07, 6.45) is -0.507. The average Bonchev–Trinajstić information content (AvgIpc) is 2.76. The molecule has 0 aromatic heterocycles. The molecule has 0 fully saturated rings. The monoisotopic (exact) mass is 265 g/mol. The molecule has 19 heavy (non-hydrogen) atoms. The van der Waals surface area contributed by atoms with E-state index in [9.17, 15) is 5.11 Å². The second kappa shape index (κ2) is 5.90. The molecule has 2 N–H and O–H groups in total. The van der Waals surface area contributed by atoms with Crippen LogP contribution in [0.3, 0.4) is 0 Å². The van der Waals surface area contributed by atoms with Crippen LogP contribution in [0.1, 0.15) is 32.4 Å².